The van der Waals surface area contributed by atoms with Gasteiger partial charge in [-0.1, -0.05) is 6.07 Å². The summed E-state index contributed by atoms with van der Waals surface area (Å²) in [6.07, 6.45) is 0. The molecule has 0 bridgehead atoms. The molecule has 1 aliphatic rings. The molecule has 120 valence electrons. The summed E-state index contributed by atoms with van der Waals surface area (Å²) >= 11 is 1.51. The lowest BCUT2D eigenvalue weighted by Crippen LogP contribution is -2.58. The van der Waals surface area contributed by atoms with Gasteiger partial charge in [0, 0.05) is 5.38 Å². The van der Waals surface area contributed by atoms with Crippen LogP contribution < -0.4 is 15.4 Å². The minimum Gasteiger partial charge on any atom is -0.466 e. The van der Waals surface area contributed by atoms with Crippen LogP contribution in [-0.2, 0) is 16.1 Å². The first kappa shape index (κ1) is 15.5. The molecule has 0 radical (unpaired) electrons. The molecule has 0 spiro atoms. The van der Waals surface area contributed by atoms with E-state index in [1.54, 1.807) is 6.07 Å². The van der Waals surface area contributed by atoms with Crippen LogP contribution >= 0.6 is 11.3 Å². The normalized spacial score (nSPS) is 19.5. The van der Waals surface area contributed by atoms with Crippen LogP contribution in [0.5, 0.6) is 5.75 Å². The van der Waals surface area contributed by atoms with E-state index in [0.717, 1.165) is 16.3 Å². The molecule has 0 aliphatic carbocycles. The molecule has 0 unspecified atom stereocenters. The van der Waals surface area contributed by atoms with Gasteiger partial charge in [0.1, 0.15) is 5.75 Å². The summed E-state index contributed by atoms with van der Waals surface area (Å²) in [6, 6.07) is 5.43. The summed E-state index contributed by atoms with van der Waals surface area (Å²) in [7, 11) is 0. The number of aromatic nitrogens is 1. The van der Waals surface area contributed by atoms with E-state index in [9.17, 15) is 9.59 Å². The Bertz CT molecular complexity index is 787. The van der Waals surface area contributed by atoms with E-state index >= 15 is 0 Å². The molecular formula is C16H17N3O3S. The van der Waals surface area contributed by atoms with E-state index in [1.807, 2.05) is 31.4 Å². The van der Waals surface area contributed by atoms with Gasteiger partial charge in [0.25, 0.3) is 17.4 Å². The smallest absolute Gasteiger partial charge is 0.278 e. The zero-order valence-corrected chi connectivity index (χ0v) is 13.9. The van der Waals surface area contributed by atoms with Crippen molar-refractivity contribution in [3.8, 4) is 5.75 Å². The van der Waals surface area contributed by atoms with Crippen molar-refractivity contribution >= 4 is 28.8 Å². The number of nitrogens with one attached hydrogen (secondary N) is 2. The van der Waals surface area contributed by atoms with Gasteiger partial charge < -0.3 is 15.4 Å². The zero-order valence-electron chi connectivity index (χ0n) is 13.1. The molecule has 0 saturated heterocycles. The summed E-state index contributed by atoms with van der Waals surface area (Å²) in [5.74, 6) is -0.494. The lowest BCUT2D eigenvalue weighted by molar-refractivity contribution is -0.146. The maximum absolute atomic E-state index is 12.5. The molecule has 2 N–H and O–H groups in total. The molecule has 2 aromatic rings. The van der Waals surface area contributed by atoms with E-state index in [1.165, 1.54) is 18.3 Å². The lowest BCUT2D eigenvalue weighted by Gasteiger charge is -2.33. The molecular weight excluding hydrogens is 314 g/mol. The van der Waals surface area contributed by atoms with Crippen molar-refractivity contribution < 1.29 is 14.3 Å². The first-order valence-electron chi connectivity index (χ1n) is 7.19. The highest BCUT2D eigenvalue weighted by Crippen LogP contribution is 2.34. The number of anilines is 1. The van der Waals surface area contributed by atoms with E-state index in [-0.39, 0.29) is 6.54 Å². The van der Waals surface area contributed by atoms with E-state index in [2.05, 4.69) is 15.6 Å². The number of benzene rings is 1. The van der Waals surface area contributed by atoms with Crippen LogP contribution in [0, 0.1) is 13.8 Å². The van der Waals surface area contributed by atoms with Crippen LogP contribution in [0.2, 0.25) is 0 Å². The third-order valence-corrected chi connectivity index (χ3v) is 4.48. The van der Waals surface area contributed by atoms with Gasteiger partial charge in [-0.05, 0) is 38.5 Å². The van der Waals surface area contributed by atoms with Crippen molar-refractivity contribution in [1.29, 1.82) is 0 Å². The molecule has 7 heteroatoms. The Morgan fingerprint density at radius 2 is 2.22 bits per heavy atom. The van der Waals surface area contributed by atoms with Gasteiger partial charge >= 0.3 is 0 Å². The topological polar surface area (TPSA) is 80.3 Å². The minimum atomic E-state index is -1.60. The average Bonchev–Trinajstić information content (AvgIpc) is 2.92. The molecule has 0 fully saturated rings. The number of amides is 2. The van der Waals surface area contributed by atoms with Crippen molar-refractivity contribution in [3.63, 3.8) is 0 Å². The maximum atomic E-state index is 12.5. The van der Waals surface area contributed by atoms with Crippen molar-refractivity contribution in [2.45, 2.75) is 32.9 Å². The highest BCUT2D eigenvalue weighted by atomic mass is 32.1. The van der Waals surface area contributed by atoms with Crippen molar-refractivity contribution in [2.75, 3.05) is 5.32 Å². The lowest BCUT2D eigenvalue weighted by atomic mass is 10.0. The number of ether oxygens (including phenoxy) is 1. The number of hydrogen-bond donors (Lipinski definition) is 2. The molecule has 0 saturated carbocycles. The summed E-state index contributed by atoms with van der Waals surface area (Å²) < 4.78 is 5.70. The fourth-order valence-corrected chi connectivity index (χ4v) is 2.93. The first-order chi connectivity index (χ1) is 10.9. The van der Waals surface area contributed by atoms with Gasteiger partial charge in [-0.15, -0.1) is 11.3 Å². The predicted molar refractivity (Wildman–Crippen MR) is 87.5 cm³/mol. The SMILES string of the molecule is Cc1ccc2c(c1)NC(=O)[C@](C)(C(=O)NCc1csc(C)n1)O2. The standard InChI is InChI=1S/C16H17N3O3S/c1-9-4-5-13-12(6-9)19-15(21)16(3,22-13)14(20)17-7-11-8-23-10(2)18-11/h4-6,8H,7H2,1-3H3,(H,17,20)(H,19,21)/t16-/m0/s1. The average molecular weight is 331 g/mol. The van der Waals surface area contributed by atoms with Gasteiger partial charge in [-0.25, -0.2) is 4.98 Å². The molecule has 1 aromatic heterocycles. The van der Waals surface area contributed by atoms with Crippen LogP contribution in [0.25, 0.3) is 0 Å². The molecule has 1 atom stereocenters. The summed E-state index contributed by atoms with van der Waals surface area (Å²) in [4.78, 5) is 29.1. The van der Waals surface area contributed by atoms with Gasteiger partial charge in [0.2, 0.25) is 0 Å². The second-order valence-corrected chi connectivity index (χ2v) is 6.69. The predicted octanol–water partition coefficient (Wildman–Crippen LogP) is 2.17. The van der Waals surface area contributed by atoms with Crippen LogP contribution in [0.1, 0.15) is 23.2 Å². The third kappa shape index (κ3) is 2.92. The Morgan fingerprint density at radius 1 is 1.43 bits per heavy atom. The number of fused-ring (bicyclic) bond motifs is 1. The van der Waals surface area contributed by atoms with Crippen LogP contribution in [-0.4, -0.2) is 22.4 Å². The number of carbonyl (C=O) groups is 2. The molecule has 3 rings (SSSR count). The molecule has 2 amide bonds. The summed E-state index contributed by atoms with van der Waals surface area (Å²) in [5, 5.41) is 8.25. The van der Waals surface area contributed by atoms with Crippen molar-refractivity contribution in [2.24, 2.45) is 0 Å². The number of carbonyl (C=O) groups excluding carboxylic acids is 2. The number of thiazole rings is 1. The van der Waals surface area contributed by atoms with Gasteiger partial charge in [-0.3, -0.25) is 9.59 Å². The second-order valence-electron chi connectivity index (χ2n) is 5.63. The summed E-state index contributed by atoms with van der Waals surface area (Å²) in [6.45, 7) is 5.54. The second kappa shape index (κ2) is 5.66. The van der Waals surface area contributed by atoms with Crippen LogP contribution in [0.15, 0.2) is 23.6 Å². The number of aryl methyl sites for hydroxylation is 2. The fourth-order valence-electron chi connectivity index (χ4n) is 2.32. The van der Waals surface area contributed by atoms with Crippen molar-refractivity contribution in [1.82, 2.24) is 10.3 Å². The van der Waals surface area contributed by atoms with Crippen LogP contribution in [0.3, 0.4) is 0 Å². The Labute approximate surface area is 137 Å². The monoisotopic (exact) mass is 331 g/mol. The Balaban J connectivity index is 1.76. The van der Waals surface area contributed by atoms with Gasteiger partial charge in [-0.2, -0.15) is 0 Å². The molecule has 6 nitrogen and oxygen atoms in total. The molecule has 23 heavy (non-hydrogen) atoms. The van der Waals surface area contributed by atoms with Gasteiger partial charge in [0.05, 0.1) is 22.9 Å². The van der Waals surface area contributed by atoms with Crippen molar-refractivity contribution in [3.05, 3.63) is 39.8 Å². The molecule has 2 heterocycles. The summed E-state index contributed by atoms with van der Waals surface area (Å²) in [5.41, 5.74) is 0.736. The fraction of sp³-hybridized carbons (Fsp3) is 0.312. The number of hydrogen-bond acceptors (Lipinski definition) is 5. The highest BCUT2D eigenvalue weighted by Gasteiger charge is 2.47. The maximum Gasteiger partial charge on any atom is 0.278 e. The Hall–Kier alpha value is -2.41. The Morgan fingerprint density at radius 3 is 2.91 bits per heavy atom. The van der Waals surface area contributed by atoms with Gasteiger partial charge in [0.15, 0.2) is 0 Å². The molecule has 1 aromatic carbocycles. The Kier molecular flexibility index (Phi) is 3.81. The third-order valence-electron chi connectivity index (χ3n) is 3.66. The zero-order chi connectivity index (χ0) is 16.6. The number of rotatable bonds is 3. The van der Waals surface area contributed by atoms with E-state index in [0.29, 0.717) is 11.4 Å². The van der Waals surface area contributed by atoms with Crippen LogP contribution in [0.4, 0.5) is 5.69 Å². The largest absolute Gasteiger partial charge is 0.466 e. The van der Waals surface area contributed by atoms with E-state index < -0.39 is 17.4 Å². The first-order valence-corrected chi connectivity index (χ1v) is 8.07. The minimum absolute atomic E-state index is 0.260. The molecule has 1 aliphatic heterocycles. The number of nitrogens with zero attached hydrogens (tertiary/aromatic N) is 1. The highest BCUT2D eigenvalue weighted by molar-refractivity contribution is 7.09. The van der Waals surface area contributed by atoms with E-state index in [4.69, 9.17) is 4.74 Å². The quantitative estimate of drug-likeness (QED) is 0.845.